The molecule has 114 valence electrons. The van der Waals surface area contributed by atoms with Gasteiger partial charge in [-0.15, -0.1) is 5.10 Å². The second-order valence-corrected chi connectivity index (χ2v) is 5.33. The molecule has 0 aromatic carbocycles. The lowest BCUT2D eigenvalue weighted by molar-refractivity contribution is -0.117. The Morgan fingerprint density at radius 3 is 2.80 bits per heavy atom. The molecule has 0 unspecified atom stereocenters. The molecule has 20 heavy (non-hydrogen) atoms. The fourth-order valence-corrected chi connectivity index (χ4v) is 2.01. The van der Waals surface area contributed by atoms with E-state index in [1.54, 1.807) is 0 Å². The zero-order chi connectivity index (χ0) is 15.0. The molecule has 1 aromatic heterocycles. The highest BCUT2D eigenvalue weighted by Crippen LogP contribution is 2.13. The van der Waals surface area contributed by atoms with Crippen LogP contribution in [0.5, 0.6) is 0 Å². The van der Waals surface area contributed by atoms with E-state index in [1.165, 1.54) is 0 Å². The standard InChI is InChI=1S/C14H26N4O2/c1-4-20-9-5-8-18-13(7-6-11(2)3)12(16-17-18)10-14(15)19/h11H,4-10H2,1-3H3,(H2,15,19). The van der Waals surface area contributed by atoms with Crippen LogP contribution in [0.1, 0.15) is 45.0 Å². The molecule has 6 nitrogen and oxygen atoms in total. The number of primary amides is 1. The number of hydrogen-bond donors (Lipinski definition) is 1. The second kappa shape index (κ2) is 8.68. The van der Waals surface area contributed by atoms with Gasteiger partial charge in [-0.2, -0.15) is 0 Å². The van der Waals surface area contributed by atoms with Crippen molar-refractivity contribution >= 4 is 5.91 Å². The molecular weight excluding hydrogens is 256 g/mol. The Morgan fingerprint density at radius 2 is 2.20 bits per heavy atom. The van der Waals surface area contributed by atoms with Gasteiger partial charge in [0.2, 0.25) is 5.91 Å². The molecular formula is C14H26N4O2. The second-order valence-electron chi connectivity index (χ2n) is 5.33. The Hall–Kier alpha value is -1.43. The van der Waals surface area contributed by atoms with Gasteiger partial charge >= 0.3 is 0 Å². The molecule has 1 amide bonds. The molecule has 0 spiro atoms. The summed E-state index contributed by atoms with van der Waals surface area (Å²) in [5.74, 6) is 0.236. The molecule has 0 saturated carbocycles. The van der Waals surface area contributed by atoms with Crippen LogP contribution in [0.2, 0.25) is 0 Å². The maximum Gasteiger partial charge on any atom is 0.223 e. The van der Waals surface area contributed by atoms with Crippen molar-refractivity contribution in [3.05, 3.63) is 11.4 Å². The highest BCUT2D eigenvalue weighted by atomic mass is 16.5. The summed E-state index contributed by atoms with van der Waals surface area (Å²) in [4.78, 5) is 11.1. The number of carbonyl (C=O) groups excluding carboxylic acids is 1. The van der Waals surface area contributed by atoms with Crippen molar-refractivity contribution in [3.63, 3.8) is 0 Å². The molecule has 0 aliphatic carbocycles. The predicted molar refractivity (Wildman–Crippen MR) is 77.2 cm³/mol. The summed E-state index contributed by atoms with van der Waals surface area (Å²) in [6.45, 7) is 8.54. The number of hydrogen-bond acceptors (Lipinski definition) is 4. The topological polar surface area (TPSA) is 83.0 Å². The molecule has 0 aliphatic heterocycles. The van der Waals surface area contributed by atoms with Gasteiger partial charge < -0.3 is 10.5 Å². The number of nitrogens with two attached hydrogens (primary N) is 1. The van der Waals surface area contributed by atoms with E-state index < -0.39 is 0 Å². The molecule has 1 rings (SSSR count). The van der Waals surface area contributed by atoms with E-state index in [4.69, 9.17) is 10.5 Å². The minimum Gasteiger partial charge on any atom is -0.382 e. The number of aromatic nitrogens is 3. The van der Waals surface area contributed by atoms with Gasteiger partial charge in [-0.25, -0.2) is 4.68 Å². The molecule has 0 aliphatic rings. The SMILES string of the molecule is CCOCCCn1nnc(CC(N)=O)c1CCC(C)C. The zero-order valence-electron chi connectivity index (χ0n) is 12.8. The van der Waals surface area contributed by atoms with Gasteiger partial charge in [-0.3, -0.25) is 4.79 Å². The summed E-state index contributed by atoms with van der Waals surface area (Å²) < 4.78 is 7.22. The highest BCUT2D eigenvalue weighted by Gasteiger charge is 2.15. The zero-order valence-corrected chi connectivity index (χ0v) is 12.8. The quantitative estimate of drug-likeness (QED) is 0.656. The van der Waals surface area contributed by atoms with E-state index in [1.807, 2.05) is 11.6 Å². The summed E-state index contributed by atoms with van der Waals surface area (Å²) >= 11 is 0. The van der Waals surface area contributed by atoms with Crippen LogP contribution >= 0.6 is 0 Å². The minimum absolute atomic E-state index is 0.166. The maximum absolute atomic E-state index is 11.1. The normalized spacial score (nSPS) is 11.2. The fourth-order valence-electron chi connectivity index (χ4n) is 2.01. The van der Waals surface area contributed by atoms with Crippen LogP contribution in [0.3, 0.4) is 0 Å². The van der Waals surface area contributed by atoms with E-state index in [-0.39, 0.29) is 12.3 Å². The summed E-state index contributed by atoms with van der Waals surface area (Å²) in [6.07, 6.45) is 2.98. The highest BCUT2D eigenvalue weighted by molar-refractivity contribution is 5.76. The molecule has 0 saturated heterocycles. The van der Waals surface area contributed by atoms with Crippen molar-refractivity contribution in [2.75, 3.05) is 13.2 Å². The number of nitrogens with zero attached hydrogens (tertiary/aromatic N) is 3. The monoisotopic (exact) mass is 282 g/mol. The minimum atomic E-state index is -0.364. The van der Waals surface area contributed by atoms with Crippen molar-refractivity contribution in [2.24, 2.45) is 11.7 Å². The Bertz CT molecular complexity index is 415. The van der Waals surface area contributed by atoms with E-state index in [0.717, 1.165) is 43.8 Å². The van der Waals surface area contributed by atoms with E-state index in [2.05, 4.69) is 24.2 Å². The van der Waals surface area contributed by atoms with Gasteiger partial charge in [-0.1, -0.05) is 19.1 Å². The summed E-state index contributed by atoms with van der Waals surface area (Å²) in [5, 5.41) is 8.25. The molecule has 0 fully saturated rings. The maximum atomic E-state index is 11.1. The number of rotatable bonds is 10. The van der Waals surface area contributed by atoms with Crippen LogP contribution in [0.15, 0.2) is 0 Å². The Kier molecular flexibility index (Phi) is 7.22. The van der Waals surface area contributed by atoms with E-state index in [0.29, 0.717) is 12.5 Å². The number of carbonyl (C=O) groups is 1. The Labute approximate surface area is 120 Å². The number of aryl methyl sites for hydroxylation is 1. The van der Waals surface area contributed by atoms with Crippen molar-refractivity contribution in [1.82, 2.24) is 15.0 Å². The third-order valence-corrected chi connectivity index (χ3v) is 3.08. The van der Waals surface area contributed by atoms with Crippen LogP contribution in [0, 0.1) is 5.92 Å². The Balaban J connectivity index is 2.70. The van der Waals surface area contributed by atoms with Crippen LogP contribution in [0.4, 0.5) is 0 Å². The van der Waals surface area contributed by atoms with Crippen LogP contribution in [-0.2, 0) is 28.9 Å². The first-order valence-electron chi connectivity index (χ1n) is 7.31. The van der Waals surface area contributed by atoms with Gasteiger partial charge in [-0.05, 0) is 32.1 Å². The molecule has 0 bridgehead atoms. The molecule has 0 radical (unpaired) electrons. The van der Waals surface area contributed by atoms with Crippen molar-refractivity contribution in [2.45, 2.75) is 53.0 Å². The average molecular weight is 282 g/mol. The first-order valence-corrected chi connectivity index (χ1v) is 7.31. The summed E-state index contributed by atoms with van der Waals surface area (Å²) in [7, 11) is 0. The Morgan fingerprint density at radius 1 is 1.45 bits per heavy atom. The van der Waals surface area contributed by atoms with Crippen LogP contribution in [0.25, 0.3) is 0 Å². The third kappa shape index (κ3) is 5.69. The number of amides is 1. The molecule has 1 aromatic rings. The van der Waals surface area contributed by atoms with Crippen molar-refractivity contribution in [1.29, 1.82) is 0 Å². The smallest absolute Gasteiger partial charge is 0.223 e. The largest absolute Gasteiger partial charge is 0.382 e. The molecule has 0 atom stereocenters. The summed E-state index contributed by atoms with van der Waals surface area (Å²) in [6, 6.07) is 0. The van der Waals surface area contributed by atoms with Gasteiger partial charge in [0.1, 0.15) is 0 Å². The number of ether oxygens (including phenoxy) is 1. The van der Waals surface area contributed by atoms with Gasteiger partial charge in [0.05, 0.1) is 17.8 Å². The van der Waals surface area contributed by atoms with Crippen molar-refractivity contribution in [3.8, 4) is 0 Å². The van der Waals surface area contributed by atoms with Crippen LogP contribution < -0.4 is 5.73 Å². The van der Waals surface area contributed by atoms with E-state index >= 15 is 0 Å². The third-order valence-electron chi connectivity index (χ3n) is 3.08. The predicted octanol–water partition coefficient (Wildman–Crippen LogP) is 1.32. The lowest BCUT2D eigenvalue weighted by Gasteiger charge is -2.09. The molecule has 6 heteroatoms. The van der Waals surface area contributed by atoms with Crippen LogP contribution in [-0.4, -0.2) is 34.1 Å². The fraction of sp³-hybridized carbons (Fsp3) is 0.786. The van der Waals surface area contributed by atoms with Crippen molar-refractivity contribution < 1.29 is 9.53 Å². The summed E-state index contributed by atoms with van der Waals surface area (Å²) in [5.41, 5.74) is 7.02. The lowest BCUT2D eigenvalue weighted by Crippen LogP contribution is -2.16. The molecule has 1 heterocycles. The van der Waals surface area contributed by atoms with Gasteiger partial charge in [0.15, 0.2) is 0 Å². The first-order chi connectivity index (χ1) is 9.54. The van der Waals surface area contributed by atoms with E-state index in [9.17, 15) is 4.79 Å². The lowest BCUT2D eigenvalue weighted by atomic mass is 10.0. The van der Waals surface area contributed by atoms with Gasteiger partial charge in [0, 0.05) is 19.8 Å². The molecule has 2 N–H and O–H groups in total. The van der Waals surface area contributed by atoms with Gasteiger partial charge in [0.25, 0.3) is 0 Å². The average Bonchev–Trinajstić information content (AvgIpc) is 2.74. The first kappa shape index (κ1) is 16.6.